The Morgan fingerprint density at radius 3 is 2.09 bits per heavy atom. The van der Waals surface area contributed by atoms with Gasteiger partial charge in [-0.15, -0.1) is 0 Å². The maximum atomic E-state index is 12.8. The number of carbonyl (C=O) groups is 2. The molecule has 0 aromatic heterocycles. The summed E-state index contributed by atoms with van der Waals surface area (Å²) in [6, 6.07) is 19.8. The Bertz CT molecular complexity index is 1240. The Kier molecular flexibility index (Phi) is 6.86. The molecule has 0 aliphatic carbocycles. The highest BCUT2D eigenvalue weighted by Crippen LogP contribution is 2.31. The molecule has 174 valence electrons. The first-order valence-electron chi connectivity index (χ1n) is 10.8. The predicted octanol–water partition coefficient (Wildman–Crippen LogP) is 5.88. The molecule has 1 aliphatic heterocycles. The number of nitrogens with zero attached hydrogens (tertiary/aromatic N) is 1. The summed E-state index contributed by atoms with van der Waals surface area (Å²) in [7, 11) is 0. The van der Waals surface area contributed by atoms with Gasteiger partial charge < -0.3 is 20.6 Å². The number of carbonyl (C=O) groups excluding carboxylic acids is 1. The average Bonchev–Trinajstić information content (AvgIpc) is 3.10. The maximum Gasteiger partial charge on any atom is 0.326 e. The predicted molar refractivity (Wildman–Crippen MR) is 139 cm³/mol. The molecule has 1 heterocycles. The van der Waals surface area contributed by atoms with Crippen molar-refractivity contribution in [1.82, 2.24) is 4.90 Å². The van der Waals surface area contributed by atoms with E-state index in [2.05, 4.69) is 10.6 Å². The molecule has 1 atom stereocenters. The van der Waals surface area contributed by atoms with E-state index in [1.807, 2.05) is 62.4 Å². The minimum Gasteiger partial charge on any atom is -0.480 e. The summed E-state index contributed by atoms with van der Waals surface area (Å²) >= 11 is 11.3. The molecule has 1 amide bonds. The molecule has 0 fully saturated rings. The lowest BCUT2D eigenvalue weighted by molar-refractivity contribution is -0.144. The second-order valence-corrected chi connectivity index (χ2v) is 9.34. The normalized spacial score (nSPS) is 13.5. The Hall–Kier alpha value is -3.42. The van der Waals surface area contributed by atoms with Gasteiger partial charge in [0.15, 0.2) is 5.11 Å². The van der Waals surface area contributed by atoms with Crippen molar-refractivity contribution in [2.24, 2.45) is 5.92 Å². The Morgan fingerprint density at radius 1 is 0.971 bits per heavy atom. The van der Waals surface area contributed by atoms with Crippen LogP contribution in [0.25, 0.3) is 11.1 Å². The number of aliphatic carboxylic acids is 1. The van der Waals surface area contributed by atoms with E-state index in [9.17, 15) is 14.7 Å². The van der Waals surface area contributed by atoms with Gasteiger partial charge in [-0.3, -0.25) is 4.79 Å². The highest BCUT2D eigenvalue weighted by molar-refractivity contribution is 7.80. The van der Waals surface area contributed by atoms with Crippen molar-refractivity contribution in [3.63, 3.8) is 0 Å². The van der Waals surface area contributed by atoms with Crippen molar-refractivity contribution < 1.29 is 14.7 Å². The largest absolute Gasteiger partial charge is 0.480 e. The van der Waals surface area contributed by atoms with Crippen LogP contribution in [0.3, 0.4) is 0 Å². The number of thiocarbonyl (C=S) groups is 1. The number of rotatable bonds is 6. The number of benzene rings is 3. The van der Waals surface area contributed by atoms with Crippen LogP contribution in [0.15, 0.2) is 66.7 Å². The summed E-state index contributed by atoms with van der Waals surface area (Å²) in [6.45, 7) is 3.92. The fourth-order valence-electron chi connectivity index (χ4n) is 4.10. The molecular weight excluding hydrogens is 470 g/mol. The van der Waals surface area contributed by atoms with Gasteiger partial charge in [0.1, 0.15) is 6.04 Å². The fraction of sp³-hybridized carbons (Fsp3) is 0.192. The van der Waals surface area contributed by atoms with Gasteiger partial charge in [0.05, 0.1) is 0 Å². The maximum absolute atomic E-state index is 12.8. The summed E-state index contributed by atoms with van der Waals surface area (Å²) in [4.78, 5) is 26.0. The summed E-state index contributed by atoms with van der Waals surface area (Å²) in [6.07, 6.45) is 0. The minimum atomic E-state index is -0.983. The number of anilines is 2. The monoisotopic (exact) mass is 493 g/mol. The molecule has 0 bridgehead atoms. The van der Waals surface area contributed by atoms with Crippen LogP contribution in [0, 0.1) is 5.92 Å². The van der Waals surface area contributed by atoms with E-state index in [1.165, 1.54) is 4.90 Å². The molecular formula is C26H24ClN3O3S. The summed E-state index contributed by atoms with van der Waals surface area (Å²) in [5.41, 5.74) is 5.01. The topological polar surface area (TPSA) is 81.7 Å². The second-order valence-electron chi connectivity index (χ2n) is 8.50. The van der Waals surface area contributed by atoms with Crippen LogP contribution in [0.2, 0.25) is 5.02 Å². The first-order chi connectivity index (χ1) is 16.2. The SMILES string of the molecule is CC(C)C(C(=O)O)N1Cc2cc(-c3ccc(NC(=S)Nc4ccc(Cl)cc4)cc3)ccc2C1=O. The van der Waals surface area contributed by atoms with E-state index in [1.54, 1.807) is 18.2 Å². The molecule has 3 aromatic carbocycles. The number of halogens is 1. The van der Waals surface area contributed by atoms with Crippen molar-refractivity contribution >= 4 is 52.2 Å². The second kappa shape index (κ2) is 9.83. The lowest BCUT2D eigenvalue weighted by atomic mass is 10.0. The number of carboxylic acid groups (broad SMARTS) is 1. The van der Waals surface area contributed by atoms with Crippen LogP contribution in [0.5, 0.6) is 0 Å². The third-order valence-corrected chi connectivity index (χ3v) is 6.19. The zero-order valence-electron chi connectivity index (χ0n) is 18.7. The van der Waals surface area contributed by atoms with E-state index < -0.39 is 12.0 Å². The number of amides is 1. The van der Waals surface area contributed by atoms with E-state index in [0.29, 0.717) is 22.2 Å². The molecule has 6 nitrogen and oxygen atoms in total. The Labute approximate surface area is 208 Å². The Morgan fingerprint density at radius 2 is 1.53 bits per heavy atom. The van der Waals surface area contributed by atoms with Gasteiger partial charge in [-0.2, -0.15) is 0 Å². The van der Waals surface area contributed by atoms with Gasteiger partial charge >= 0.3 is 5.97 Å². The lowest BCUT2D eigenvalue weighted by Crippen LogP contribution is -2.44. The molecule has 8 heteroatoms. The molecule has 4 rings (SSSR count). The van der Waals surface area contributed by atoms with E-state index in [0.717, 1.165) is 28.1 Å². The van der Waals surface area contributed by atoms with Crippen LogP contribution in [0.1, 0.15) is 29.8 Å². The molecule has 1 unspecified atom stereocenters. The molecule has 0 saturated heterocycles. The quantitative estimate of drug-likeness (QED) is 0.372. The van der Waals surface area contributed by atoms with E-state index >= 15 is 0 Å². The van der Waals surface area contributed by atoms with Gasteiger partial charge in [-0.25, -0.2) is 4.79 Å². The number of hydrogen-bond donors (Lipinski definition) is 3. The molecule has 1 aliphatic rings. The molecule has 0 saturated carbocycles. The third-order valence-electron chi connectivity index (χ3n) is 5.74. The first-order valence-corrected chi connectivity index (χ1v) is 11.6. The highest BCUT2D eigenvalue weighted by atomic mass is 35.5. The Balaban J connectivity index is 1.46. The third kappa shape index (κ3) is 5.05. The molecule has 0 radical (unpaired) electrons. The van der Waals surface area contributed by atoms with Gasteiger partial charge in [0.25, 0.3) is 5.91 Å². The van der Waals surface area contributed by atoms with E-state index in [4.69, 9.17) is 23.8 Å². The average molecular weight is 494 g/mol. The van der Waals surface area contributed by atoms with Crippen molar-refractivity contribution in [1.29, 1.82) is 0 Å². The van der Waals surface area contributed by atoms with Crippen LogP contribution >= 0.6 is 23.8 Å². The zero-order chi connectivity index (χ0) is 24.4. The van der Waals surface area contributed by atoms with Gasteiger partial charge in [-0.1, -0.05) is 43.6 Å². The number of fused-ring (bicyclic) bond motifs is 1. The number of nitrogens with one attached hydrogen (secondary N) is 2. The van der Waals surface area contributed by atoms with Crippen LogP contribution in [-0.4, -0.2) is 33.0 Å². The number of carboxylic acids is 1. The highest BCUT2D eigenvalue weighted by Gasteiger charge is 2.38. The van der Waals surface area contributed by atoms with E-state index in [-0.39, 0.29) is 11.8 Å². The summed E-state index contributed by atoms with van der Waals surface area (Å²) in [5.74, 6) is -1.40. The van der Waals surface area contributed by atoms with Gasteiger partial charge in [-0.05, 0) is 83.4 Å². The summed E-state index contributed by atoms with van der Waals surface area (Å²) < 4.78 is 0. The molecule has 0 spiro atoms. The molecule has 34 heavy (non-hydrogen) atoms. The smallest absolute Gasteiger partial charge is 0.326 e. The standard InChI is InChI=1S/C26H24ClN3O3S/c1-15(2)23(25(32)33)30-14-18-13-17(5-12-22(18)24(30)31)16-3-8-20(9-4-16)28-26(34)29-21-10-6-19(27)7-11-21/h3-13,15,23H,14H2,1-2H3,(H,32,33)(H2,28,29,34). The van der Waals surface area contributed by atoms with Crippen molar-refractivity contribution in [3.05, 3.63) is 82.9 Å². The van der Waals surface area contributed by atoms with Crippen LogP contribution < -0.4 is 10.6 Å². The minimum absolute atomic E-state index is 0.185. The summed E-state index contributed by atoms with van der Waals surface area (Å²) in [5, 5.41) is 17.0. The van der Waals surface area contributed by atoms with Crippen LogP contribution in [0.4, 0.5) is 11.4 Å². The number of hydrogen-bond acceptors (Lipinski definition) is 3. The van der Waals surface area contributed by atoms with Crippen molar-refractivity contribution in [2.45, 2.75) is 26.4 Å². The first kappa shape index (κ1) is 23.7. The fourth-order valence-corrected chi connectivity index (χ4v) is 4.46. The van der Waals surface area contributed by atoms with Crippen molar-refractivity contribution in [2.75, 3.05) is 10.6 Å². The molecule has 3 N–H and O–H groups in total. The van der Waals surface area contributed by atoms with Crippen LogP contribution in [-0.2, 0) is 11.3 Å². The lowest BCUT2D eigenvalue weighted by Gasteiger charge is -2.27. The molecule has 3 aromatic rings. The zero-order valence-corrected chi connectivity index (χ0v) is 20.3. The van der Waals surface area contributed by atoms with Gasteiger partial charge in [0, 0.05) is 28.5 Å². The van der Waals surface area contributed by atoms with Crippen molar-refractivity contribution in [3.8, 4) is 11.1 Å². The van der Waals surface area contributed by atoms with Gasteiger partial charge in [0.2, 0.25) is 0 Å².